The molecule has 0 bridgehead atoms. The molecule has 4 amide bonds. The van der Waals surface area contributed by atoms with Gasteiger partial charge in [0.05, 0.1) is 18.3 Å². The standard InChI is InChI=1S/C30H43N3O14/c1-14(2)5-23(36)16(11-25(38)31-46)6-19(34)7-17(28(42)32-47)8-20(35)9-18(30(44)45)10-24(37)22(13-27(40)41)33-26(39)12-21(15(3)4)29(33)43/h14-18,21-22,46-47H,5-13H2,1-4H3,(H,31,38)(H,32,42)(H,40,41)(H,44,45). The minimum atomic E-state index is -1.81. The van der Waals surface area contributed by atoms with E-state index < -0.39 is 133 Å². The first-order valence-electron chi connectivity index (χ1n) is 15.1. The molecule has 0 saturated carbocycles. The molecule has 0 aromatic heterocycles. The zero-order valence-corrected chi connectivity index (χ0v) is 26.7. The summed E-state index contributed by atoms with van der Waals surface area (Å²) in [7, 11) is 0. The highest BCUT2D eigenvalue weighted by Gasteiger charge is 2.46. The molecular weight excluding hydrogens is 626 g/mol. The van der Waals surface area contributed by atoms with Crippen LogP contribution in [0.1, 0.15) is 85.5 Å². The zero-order valence-electron chi connectivity index (χ0n) is 26.7. The van der Waals surface area contributed by atoms with Gasteiger partial charge in [-0.25, -0.2) is 11.0 Å². The van der Waals surface area contributed by atoms with Gasteiger partial charge in [0, 0.05) is 63.2 Å². The van der Waals surface area contributed by atoms with E-state index in [-0.39, 0.29) is 24.7 Å². The van der Waals surface area contributed by atoms with Gasteiger partial charge in [0.25, 0.3) is 0 Å². The zero-order chi connectivity index (χ0) is 36.2. The van der Waals surface area contributed by atoms with Crippen LogP contribution in [-0.4, -0.2) is 90.3 Å². The van der Waals surface area contributed by atoms with E-state index in [0.29, 0.717) is 4.90 Å². The highest BCUT2D eigenvalue weighted by molar-refractivity contribution is 6.08. The lowest BCUT2D eigenvalue weighted by Crippen LogP contribution is -2.47. The number of nitrogens with zero attached hydrogens (tertiary/aromatic N) is 1. The normalized spacial score (nSPS) is 17.2. The predicted octanol–water partition coefficient (Wildman–Crippen LogP) is 0.468. The second-order valence-electron chi connectivity index (χ2n) is 12.5. The molecule has 0 radical (unpaired) electrons. The monoisotopic (exact) mass is 669 g/mol. The quantitative estimate of drug-likeness (QED) is 0.0519. The molecule has 262 valence electrons. The maximum Gasteiger partial charge on any atom is 0.307 e. The highest BCUT2D eigenvalue weighted by Crippen LogP contribution is 2.30. The van der Waals surface area contributed by atoms with Crippen molar-refractivity contribution in [2.24, 2.45) is 35.5 Å². The number of amides is 4. The number of imide groups is 1. The molecule has 17 heteroatoms. The fourth-order valence-corrected chi connectivity index (χ4v) is 5.42. The molecule has 1 aliphatic rings. The number of nitrogens with one attached hydrogen (secondary N) is 2. The average Bonchev–Trinajstić information content (AvgIpc) is 3.26. The van der Waals surface area contributed by atoms with Crippen LogP contribution in [0, 0.1) is 35.5 Å². The summed E-state index contributed by atoms with van der Waals surface area (Å²) in [6.45, 7) is 6.79. The predicted molar refractivity (Wildman–Crippen MR) is 156 cm³/mol. The number of carboxylic acids is 2. The molecule has 47 heavy (non-hydrogen) atoms. The Bertz CT molecular complexity index is 1260. The Morgan fingerprint density at radius 1 is 0.702 bits per heavy atom. The van der Waals surface area contributed by atoms with Crippen LogP contribution in [0.2, 0.25) is 0 Å². The number of hydrogen-bond donors (Lipinski definition) is 6. The Kier molecular flexibility index (Phi) is 16.2. The van der Waals surface area contributed by atoms with Gasteiger partial charge in [-0.2, -0.15) is 0 Å². The molecule has 0 aromatic carbocycles. The van der Waals surface area contributed by atoms with Gasteiger partial charge in [-0.3, -0.25) is 63.3 Å². The Morgan fingerprint density at radius 3 is 1.66 bits per heavy atom. The third-order valence-corrected chi connectivity index (χ3v) is 7.87. The van der Waals surface area contributed by atoms with Crippen molar-refractivity contribution in [3.8, 4) is 0 Å². The van der Waals surface area contributed by atoms with E-state index in [1.165, 1.54) is 11.0 Å². The van der Waals surface area contributed by atoms with E-state index in [4.69, 9.17) is 10.4 Å². The van der Waals surface area contributed by atoms with Crippen LogP contribution >= 0.6 is 0 Å². The van der Waals surface area contributed by atoms with Crippen molar-refractivity contribution < 1.29 is 68.6 Å². The summed E-state index contributed by atoms with van der Waals surface area (Å²) >= 11 is 0. The second-order valence-corrected chi connectivity index (χ2v) is 12.5. The number of hydroxylamine groups is 2. The number of carboxylic acid groups (broad SMARTS) is 2. The van der Waals surface area contributed by atoms with E-state index in [2.05, 4.69) is 0 Å². The van der Waals surface area contributed by atoms with Crippen molar-refractivity contribution in [1.82, 2.24) is 15.9 Å². The molecule has 1 fully saturated rings. The van der Waals surface area contributed by atoms with Crippen LogP contribution in [-0.2, 0) is 47.9 Å². The van der Waals surface area contributed by atoms with E-state index in [1.807, 2.05) is 0 Å². The summed E-state index contributed by atoms with van der Waals surface area (Å²) < 4.78 is 0. The van der Waals surface area contributed by atoms with E-state index in [1.54, 1.807) is 27.7 Å². The Labute approximate surface area is 270 Å². The van der Waals surface area contributed by atoms with Crippen LogP contribution in [0.3, 0.4) is 0 Å². The van der Waals surface area contributed by atoms with Crippen LogP contribution in [0.25, 0.3) is 0 Å². The Balaban J connectivity index is 3.09. The number of aliphatic carboxylic acids is 2. The number of hydrogen-bond acceptors (Lipinski definition) is 12. The van der Waals surface area contributed by atoms with Gasteiger partial charge in [-0.05, 0) is 11.8 Å². The molecular formula is C30H43N3O14. The molecule has 0 aromatic rings. The fraction of sp³-hybridized carbons (Fsp3) is 0.667. The molecule has 5 unspecified atom stereocenters. The molecule has 1 rings (SSSR count). The highest BCUT2D eigenvalue weighted by atomic mass is 16.5. The SMILES string of the molecule is CC(C)CC(=O)C(CC(=O)CC(CC(=O)CC(CC(=O)C(CC(=O)O)N1C(=O)CC(C(C)C)C1=O)C(=O)O)C(=O)NO)CC(=O)NO. The molecule has 1 heterocycles. The van der Waals surface area contributed by atoms with Crippen LogP contribution in [0.4, 0.5) is 0 Å². The third-order valence-electron chi connectivity index (χ3n) is 7.87. The number of likely N-dealkylation sites (tertiary alicyclic amines) is 1. The third kappa shape index (κ3) is 12.7. The molecule has 0 aliphatic carbocycles. The van der Waals surface area contributed by atoms with Crippen LogP contribution in [0.15, 0.2) is 0 Å². The first-order valence-corrected chi connectivity index (χ1v) is 15.1. The second kappa shape index (κ2) is 18.7. The van der Waals surface area contributed by atoms with Crippen molar-refractivity contribution in [1.29, 1.82) is 0 Å². The summed E-state index contributed by atoms with van der Waals surface area (Å²) in [4.78, 5) is 125. The first-order chi connectivity index (χ1) is 21.8. The van der Waals surface area contributed by atoms with Crippen molar-refractivity contribution >= 4 is 58.7 Å². The van der Waals surface area contributed by atoms with Crippen molar-refractivity contribution in [3.63, 3.8) is 0 Å². The largest absolute Gasteiger partial charge is 0.481 e. The van der Waals surface area contributed by atoms with Gasteiger partial charge in [0.15, 0.2) is 5.78 Å². The van der Waals surface area contributed by atoms with Gasteiger partial charge in [0.2, 0.25) is 23.6 Å². The number of Topliss-reactive ketones (excluding diaryl/α,β-unsaturated/α-hetero) is 4. The lowest BCUT2D eigenvalue weighted by Gasteiger charge is -2.26. The van der Waals surface area contributed by atoms with Gasteiger partial charge in [0.1, 0.15) is 23.4 Å². The topological polar surface area (TPSA) is 279 Å². The number of carbonyl (C=O) groups excluding carboxylic acids is 8. The molecule has 0 spiro atoms. The molecule has 5 atom stereocenters. The first kappa shape index (κ1) is 40.6. The smallest absolute Gasteiger partial charge is 0.307 e. The van der Waals surface area contributed by atoms with Crippen LogP contribution < -0.4 is 11.0 Å². The summed E-state index contributed by atoms with van der Waals surface area (Å²) in [6, 6.07) is -1.81. The lowest BCUT2D eigenvalue weighted by atomic mass is 9.85. The number of rotatable bonds is 22. The van der Waals surface area contributed by atoms with Crippen LogP contribution in [0.5, 0.6) is 0 Å². The van der Waals surface area contributed by atoms with E-state index in [9.17, 15) is 58.2 Å². The lowest BCUT2D eigenvalue weighted by molar-refractivity contribution is -0.152. The summed E-state index contributed by atoms with van der Waals surface area (Å²) in [5.41, 5.74) is 2.68. The Morgan fingerprint density at radius 2 is 1.23 bits per heavy atom. The van der Waals surface area contributed by atoms with Crippen molar-refractivity contribution in [2.75, 3.05) is 0 Å². The number of carbonyl (C=O) groups is 10. The minimum Gasteiger partial charge on any atom is -0.481 e. The van der Waals surface area contributed by atoms with Crippen molar-refractivity contribution in [2.45, 2.75) is 91.5 Å². The van der Waals surface area contributed by atoms with E-state index >= 15 is 0 Å². The maximum absolute atomic E-state index is 13.2. The molecule has 17 nitrogen and oxygen atoms in total. The van der Waals surface area contributed by atoms with Gasteiger partial charge < -0.3 is 10.2 Å². The summed E-state index contributed by atoms with van der Waals surface area (Å²) in [5.74, 6) is -15.7. The minimum absolute atomic E-state index is 0.0106. The molecule has 6 N–H and O–H groups in total. The average molecular weight is 670 g/mol. The summed E-state index contributed by atoms with van der Waals surface area (Å²) in [6.07, 6.45) is -5.58. The van der Waals surface area contributed by atoms with Gasteiger partial charge in [-0.15, -0.1) is 0 Å². The maximum atomic E-state index is 13.2. The fourth-order valence-electron chi connectivity index (χ4n) is 5.42. The Hall–Kier alpha value is -4.38. The van der Waals surface area contributed by atoms with Gasteiger partial charge >= 0.3 is 11.9 Å². The molecule has 1 saturated heterocycles. The van der Waals surface area contributed by atoms with E-state index in [0.717, 1.165) is 0 Å². The van der Waals surface area contributed by atoms with Crippen molar-refractivity contribution in [3.05, 3.63) is 0 Å². The summed E-state index contributed by atoms with van der Waals surface area (Å²) in [5, 5.41) is 37.1. The molecule has 1 aliphatic heterocycles. The van der Waals surface area contributed by atoms with Gasteiger partial charge in [-0.1, -0.05) is 27.7 Å². The number of ketones is 4.